The van der Waals surface area contributed by atoms with Crippen molar-refractivity contribution >= 4 is 33.6 Å². The summed E-state index contributed by atoms with van der Waals surface area (Å²) in [6, 6.07) is 31.2. The average Bonchev–Trinajstić information content (AvgIpc) is 3.71. The van der Waals surface area contributed by atoms with Crippen LogP contribution in [-0.2, 0) is 21.5 Å². The molecule has 4 aromatic carbocycles. The van der Waals surface area contributed by atoms with E-state index in [-0.39, 0.29) is 22.2 Å². The van der Waals surface area contributed by atoms with E-state index in [0.717, 1.165) is 24.2 Å². The number of aromatic nitrogens is 2. The first kappa shape index (κ1) is 30.3. The highest BCUT2D eigenvalue weighted by Gasteiger charge is 2.32. The lowest BCUT2D eigenvalue weighted by atomic mass is 10.1. The summed E-state index contributed by atoms with van der Waals surface area (Å²) in [5.41, 5.74) is 3.05. The molecule has 0 unspecified atom stereocenters. The smallest absolute Gasteiger partial charge is 0.339 e. The third-order valence-corrected chi connectivity index (χ3v) is 9.22. The molecule has 1 saturated heterocycles. The Kier molecular flexibility index (Phi) is 8.47. The molecule has 1 aromatic heterocycles. The molecule has 47 heavy (non-hydrogen) atoms. The zero-order valence-electron chi connectivity index (χ0n) is 25.4. The number of benzene rings is 4. The van der Waals surface area contributed by atoms with E-state index in [0.29, 0.717) is 35.4 Å². The number of piperidine rings is 1. The monoisotopic (exact) mass is 645 g/mol. The van der Waals surface area contributed by atoms with E-state index < -0.39 is 10.1 Å². The third-order valence-electron chi connectivity index (χ3n) is 7.96. The van der Waals surface area contributed by atoms with Crippen LogP contribution in [0, 0.1) is 0 Å². The number of amidine groups is 1. The molecule has 1 amide bonds. The summed E-state index contributed by atoms with van der Waals surface area (Å²) in [5, 5.41) is 8.51. The normalized spacial score (nSPS) is 16.4. The number of amides is 1. The summed E-state index contributed by atoms with van der Waals surface area (Å²) >= 11 is 0. The van der Waals surface area contributed by atoms with Crippen molar-refractivity contribution in [2.45, 2.75) is 30.7 Å². The number of aliphatic imine (C=N–C) groups is 1. The van der Waals surface area contributed by atoms with Crippen molar-refractivity contribution in [3.8, 4) is 17.2 Å². The number of rotatable bonds is 9. The van der Waals surface area contributed by atoms with Crippen LogP contribution in [0.1, 0.15) is 36.3 Å². The van der Waals surface area contributed by atoms with Crippen molar-refractivity contribution in [3.05, 3.63) is 132 Å². The van der Waals surface area contributed by atoms with Crippen LogP contribution in [0.3, 0.4) is 0 Å². The van der Waals surface area contributed by atoms with Gasteiger partial charge in [0, 0.05) is 11.1 Å². The van der Waals surface area contributed by atoms with Gasteiger partial charge in [0.1, 0.15) is 22.2 Å². The Bertz CT molecular complexity index is 2040. The van der Waals surface area contributed by atoms with E-state index in [2.05, 4.69) is 15.1 Å². The molecule has 2 aliphatic heterocycles. The van der Waals surface area contributed by atoms with Gasteiger partial charge in [-0.2, -0.15) is 8.42 Å². The molecule has 0 bridgehead atoms. The fourth-order valence-electron chi connectivity index (χ4n) is 5.57. The predicted molar refractivity (Wildman–Crippen MR) is 178 cm³/mol. The molecular weight excluding hydrogens is 614 g/mol. The molecule has 5 aromatic rings. The number of hydrogen-bond acceptors (Lipinski definition) is 9. The van der Waals surface area contributed by atoms with Gasteiger partial charge in [-0.15, -0.1) is 10.2 Å². The Morgan fingerprint density at radius 2 is 1.45 bits per heavy atom. The highest BCUT2D eigenvalue weighted by Crippen LogP contribution is 2.30. The van der Waals surface area contributed by atoms with Crippen molar-refractivity contribution in [3.63, 3.8) is 0 Å². The predicted octanol–water partition coefficient (Wildman–Crippen LogP) is 6.32. The van der Waals surface area contributed by atoms with E-state index in [1.54, 1.807) is 53.4 Å². The van der Waals surface area contributed by atoms with E-state index in [4.69, 9.17) is 13.6 Å². The first-order valence-corrected chi connectivity index (χ1v) is 16.8. The SMILES string of the molecule is O=C1/C(=C/c2ccc(OS(=O)(=O)c3ccccc3)cc2)N=C(c2ccccc2)N1c1ccc(-c2nnc(CN3CCCCC3)o2)cc1. The minimum atomic E-state index is -3.97. The molecule has 0 radical (unpaired) electrons. The molecule has 2 aliphatic rings. The molecule has 0 saturated carbocycles. The van der Waals surface area contributed by atoms with Crippen LogP contribution in [0.2, 0.25) is 0 Å². The summed E-state index contributed by atoms with van der Waals surface area (Å²) in [4.78, 5) is 22.5. The molecule has 1 fully saturated rings. The molecule has 0 aliphatic carbocycles. The second kappa shape index (κ2) is 13.1. The second-order valence-corrected chi connectivity index (χ2v) is 12.8. The fraction of sp³-hybridized carbons (Fsp3) is 0.167. The van der Waals surface area contributed by atoms with Crippen LogP contribution >= 0.6 is 0 Å². The van der Waals surface area contributed by atoms with Gasteiger partial charge in [-0.3, -0.25) is 14.6 Å². The quantitative estimate of drug-likeness (QED) is 0.135. The van der Waals surface area contributed by atoms with Gasteiger partial charge in [-0.05, 0) is 86.1 Å². The third kappa shape index (κ3) is 6.76. The second-order valence-electron chi connectivity index (χ2n) is 11.3. The molecule has 11 heteroatoms. The van der Waals surface area contributed by atoms with Gasteiger partial charge in [-0.25, -0.2) is 4.99 Å². The highest BCUT2D eigenvalue weighted by molar-refractivity contribution is 7.87. The molecular formula is C36H31N5O5S. The van der Waals surface area contributed by atoms with Crippen molar-refractivity contribution < 1.29 is 21.8 Å². The fourth-order valence-corrected chi connectivity index (χ4v) is 6.52. The van der Waals surface area contributed by atoms with Crippen LogP contribution < -0.4 is 9.08 Å². The Morgan fingerprint density at radius 3 is 2.15 bits per heavy atom. The summed E-state index contributed by atoms with van der Waals surface area (Å²) in [7, 11) is -3.97. The highest BCUT2D eigenvalue weighted by atomic mass is 32.2. The topological polar surface area (TPSA) is 118 Å². The minimum Gasteiger partial charge on any atom is -0.419 e. The largest absolute Gasteiger partial charge is 0.419 e. The van der Waals surface area contributed by atoms with Crippen LogP contribution in [0.5, 0.6) is 5.75 Å². The summed E-state index contributed by atoms with van der Waals surface area (Å²) < 4.78 is 36.5. The molecule has 236 valence electrons. The van der Waals surface area contributed by atoms with E-state index in [1.807, 2.05) is 54.6 Å². The Morgan fingerprint density at radius 1 is 0.766 bits per heavy atom. The molecule has 3 heterocycles. The molecule has 0 N–H and O–H groups in total. The van der Waals surface area contributed by atoms with Crippen LogP contribution in [0.4, 0.5) is 5.69 Å². The van der Waals surface area contributed by atoms with Crippen LogP contribution in [0.25, 0.3) is 17.5 Å². The zero-order chi connectivity index (χ0) is 32.2. The Hall–Kier alpha value is -5.39. The summed E-state index contributed by atoms with van der Waals surface area (Å²) in [5.74, 6) is 1.36. The van der Waals surface area contributed by atoms with Crippen LogP contribution in [0.15, 0.2) is 129 Å². The molecule has 0 atom stereocenters. The van der Waals surface area contributed by atoms with E-state index in [1.165, 1.54) is 31.4 Å². The molecule has 0 spiro atoms. The lowest BCUT2D eigenvalue weighted by molar-refractivity contribution is -0.113. The number of likely N-dealkylation sites (tertiary alicyclic amines) is 1. The molecule has 7 rings (SSSR count). The van der Waals surface area contributed by atoms with Crippen LogP contribution in [-0.4, -0.2) is 48.3 Å². The summed E-state index contributed by atoms with van der Waals surface area (Å²) in [6.07, 6.45) is 5.30. The van der Waals surface area contributed by atoms with E-state index >= 15 is 0 Å². The number of carbonyl (C=O) groups excluding carboxylic acids is 1. The Labute approximate surface area is 272 Å². The van der Waals surface area contributed by atoms with E-state index in [9.17, 15) is 13.2 Å². The van der Waals surface area contributed by atoms with Gasteiger partial charge in [0.15, 0.2) is 0 Å². The number of hydrogen-bond donors (Lipinski definition) is 0. The maximum Gasteiger partial charge on any atom is 0.339 e. The maximum atomic E-state index is 13.8. The number of anilines is 1. The number of nitrogens with zero attached hydrogens (tertiary/aromatic N) is 5. The Balaban J connectivity index is 1.11. The standard InChI is InChI=1S/C36H31N5O5S/c42-36-32(24-26-14-20-30(21-15-26)46-47(43,44)31-12-6-2-7-13-31)37-34(27-10-4-1-5-11-27)41(36)29-18-16-28(17-19-29)35-39-38-33(45-35)25-40-22-8-3-9-23-40/h1-2,4-7,10-21,24H,3,8-9,22-23,25H2/b32-24-. The lowest BCUT2D eigenvalue weighted by Crippen LogP contribution is -2.32. The van der Waals surface area contributed by atoms with Crippen molar-refractivity contribution in [2.24, 2.45) is 4.99 Å². The van der Waals surface area contributed by atoms with Crippen molar-refractivity contribution in [1.29, 1.82) is 0 Å². The maximum absolute atomic E-state index is 13.8. The van der Waals surface area contributed by atoms with Gasteiger partial charge in [0.25, 0.3) is 5.91 Å². The summed E-state index contributed by atoms with van der Waals surface area (Å²) in [6.45, 7) is 2.72. The van der Waals surface area contributed by atoms with Gasteiger partial charge in [0.05, 0.1) is 12.2 Å². The minimum absolute atomic E-state index is 0.0633. The molecule has 10 nitrogen and oxygen atoms in total. The number of carbonyl (C=O) groups is 1. The zero-order valence-corrected chi connectivity index (χ0v) is 26.2. The van der Waals surface area contributed by atoms with Gasteiger partial charge >= 0.3 is 10.1 Å². The first-order chi connectivity index (χ1) is 22.9. The average molecular weight is 646 g/mol. The van der Waals surface area contributed by atoms with Gasteiger partial charge < -0.3 is 8.60 Å². The van der Waals surface area contributed by atoms with Gasteiger partial charge in [0.2, 0.25) is 11.8 Å². The van der Waals surface area contributed by atoms with Crippen molar-refractivity contribution in [1.82, 2.24) is 15.1 Å². The lowest BCUT2D eigenvalue weighted by Gasteiger charge is -2.24. The van der Waals surface area contributed by atoms with Gasteiger partial charge in [-0.1, -0.05) is 67.1 Å². The first-order valence-electron chi connectivity index (χ1n) is 15.4. The van der Waals surface area contributed by atoms with Crippen molar-refractivity contribution in [2.75, 3.05) is 18.0 Å².